The van der Waals surface area contributed by atoms with Gasteiger partial charge in [-0.1, -0.05) is 30.3 Å². The molecule has 1 saturated heterocycles. The first-order chi connectivity index (χ1) is 10.2. The first-order valence-corrected chi connectivity index (χ1v) is 7.24. The Kier molecular flexibility index (Phi) is 4.23. The van der Waals surface area contributed by atoms with Gasteiger partial charge in [0.1, 0.15) is 12.4 Å². The predicted molar refractivity (Wildman–Crippen MR) is 81.3 cm³/mol. The third-order valence-electron chi connectivity index (χ3n) is 3.52. The summed E-state index contributed by atoms with van der Waals surface area (Å²) < 4.78 is 17.1. The lowest BCUT2D eigenvalue weighted by atomic mass is 10.1. The summed E-state index contributed by atoms with van der Waals surface area (Å²) in [6.45, 7) is 5.97. The van der Waals surface area contributed by atoms with Crippen LogP contribution in [0.3, 0.4) is 0 Å². The fourth-order valence-corrected chi connectivity index (χ4v) is 2.61. The van der Waals surface area contributed by atoms with E-state index in [1.54, 1.807) is 0 Å². The maximum absolute atomic E-state index is 5.94. The maximum Gasteiger partial charge on any atom is 0.184 e. The van der Waals surface area contributed by atoms with Crippen LogP contribution in [0.1, 0.15) is 28.5 Å². The standard InChI is InChI=1S/C18H20O3/c1-13-9-14(2)11-16(10-13)21-12-15-5-3-4-6-17(15)18-19-7-8-20-18/h3-6,9-11,18H,7-8,12H2,1-2H3. The molecule has 3 heteroatoms. The lowest BCUT2D eigenvalue weighted by molar-refractivity contribution is -0.0451. The second kappa shape index (κ2) is 6.29. The minimum Gasteiger partial charge on any atom is -0.489 e. The molecule has 0 spiro atoms. The van der Waals surface area contributed by atoms with Crippen molar-refractivity contribution in [1.29, 1.82) is 0 Å². The molecule has 0 aromatic heterocycles. The summed E-state index contributed by atoms with van der Waals surface area (Å²) in [4.78, 5) is 0. The maximum atomic E-state index is 5.94. The Morgan fingerprint density at radius 1 is 1.00 bits per heavy atom. The van der Waals surface area contributed by atoms with E-state index < -0.39 is 0 Å². The van der Waals surface area contributed by atoms with Gasteiger partial charge in [0.25, 0.3) is 0 Å². The van der Waals surface area contributed by atoms with E-state index in [4.69, 9.17) is 14.2 Å². The zero-order valence-corrected chi connectivity index (χ0v) is 12.5. The highest BCUT2D eigenvalue weighted by molar-refractivity contribution is 5.34. The number of rotatable bonds is 4. The average molecular weight is 284 g/mol. The van der Waals surface area contributed by atoms with Gasteiger partial charge in [-0.15, -0.1) is 0 Å². The topological polar surface area (TPSA) is 27.7 Å². The molecule has 0 amide bonds. The molecule has 3 rings (SSSR count). The Hall–Kier alpha value is -1.84. The number of hydrogen-bond donors (Lipinski definition) is 0. The van der Waals surface area contributed by atoms with Gasteiger partial charge in [-0.25, -0.2) is 0 Å². The van der Waals surface area contributed by atoms with Crippen molar-refractivity contribution in [2.75, 3.05) is 13.2 Å². The Morgan fingerprint density at radius 2 is 1.67 bits per heavy atom. The SMILES string of the molecule is Cc1cc(C)cc(OCc2ccccc2C2OCCO2)c1. The molecule has 0 aliphatic carbocycles. The summed E-state index contributed by atoms with van der Waals surface area (Å²) in [5.41, 5.74) is 4.57. The monoisotopic (exact) mass is 284 g/mol. The van der Waals surface area contributed by atoms with Crippen molar-refractivity contribution in [2.45, 2.75) is 26.7 Å². The first-order valence-electron chi connectivity index (χ1n) is 7.24. The van der Waals surface area contributed by atoms with Gasteiger partial charge in [-0.05, 0) is 42.7 Å². The second-order valence-electron chi connectivity index (χ2n) is 5.38. The fraction of sp³-hybridized carbons (Fsp3) is 0.333. The van der Waals surface area contributed by atoms with Crippen LogP contribution in [-0.2, 0) is 16.1 Å². The smallest absolute Gasteiger partial charge is 0.184 e. The molecule has 1 aliphatic rings. The van der Waals surface area contributed by atoms with Crippen molar-refractivity contribution < 1.29 is 14.2 Å². The van der Waals surface area contributed by atoms with Gasteiger partial charge in [0.2, 0.25) is 0 Å². The summed E-state index contributed by atoms with van der Waals surface area (Å²) >= 11 is 0. The molecule has 21 heavy (non-hydrogen) atoms. The van der Waals surface area contributed by atoms with Crippen molar-refractivity contribution in [3.63, 3.8) is 0 Å². The molecule has 2 aromatic rings. The van der Waals surface area contributed by atoms with Gasteiger partial charge in [0, 0.05) is 5.56 Å². The lowest BCUT2D eigenvalue weighted by Crippen LogP contribution is -2.05. The van der Waals surface area contributed by atoms with Crippen LogP contribution in [0.25, 0.3) is 0 Å². The first kappa shape index (κ1) is 14.1. The van der Waals surface area contributed by atoms with Gasteiger partial charge in [-0.3, -0.25) is 0 Å². The number of ether oxygens (including phenoxy) is 3. The lowest BCUT2D eigenvalue weighted by Gasteiger charge is -2.15. The zero-order chi connectivity index (χ0) is 14.7. The van der Waals surface area contributed by atoms with Crippen LogP contribution in [0, 0.1) is 13.8 Å². The summed E-state index contributed by atoms with van der Waals surface area (Å²) in [7, 11) is 0. The average Bonchev–Trinajstić information content (AvgIpc) is 2.98. The highest BCUT2D eigenvalue weighted by Gasteiger charge is 2.21. The molecular weight excluding hydrogens is 264 g/mol. The van der Waals surface area contributed by atoms with Gasteiger partial charge < -0.3 is 14.2 Å². The van der Waals surface area contributed by atoms with Crippen LogP contribution in [0.4, 0.5) is 0 Å². The molecule has 1 aliphatic heterocycles. The molecule has 0 atom stereocenters. The van der Waals surface area contributed by atoms with E-state index >= 15 is 0 Å². The van der Waals surface area contributed by atoms with Crippen molar-refractivity contribution in [3.8, 4) is 5.75 Å². The summed E-state index contributed by atoms with van der Waals surface area (Å²) in [6.07, 6.45) is -0.260. The third kappa shape index (κ3) is 3.43. The molecular formula is C18H20O3. The van der Waals surface area contributed by atoms with Crippen molar-refractivity contribution in [3.05, 3.63) is 64.7 Å². The van der Waals surface area contributed by atoms with Crippen LogP contribution in [0.5, 0.6) is 5.75 Å². The highest BCUT2D eigenvalue weighted by atomic mass is 16.7. The summed E-state index contributed by atoms with van der Waals surface area (Å²) in [5.74, 6) is 0.899. The van der Waals surface area contributed by atoms with E-state index in [-0.39, 0.29) is 6.29 Å². The van der Waals surface area contributed by atoms with Crippen LogP contribution in [-0.4, -0.2) is 13.2 Å². The molecule has 1 heterocycles. The fourth-order valence-electron chi connectivity index (χ4n) is 2.61. The van der Waals surface area contributed by atoms with E-state index in [1.165, 1.54) is 11.1 Å². The van der Waals surface area contributed by atoms with Crippen molar-refractivity contribution >= 4 is 0 Å². The van der Waals surface area contributed by atoms with Gasteiger partial charge in [0.05, 0.1) is 13.2 Å². The molecule has 0 unspecified atom stereocenters. The van der Waals surface area contributed by atoms with Crippen LogP contribution in [0.15, 0.2) is 42.5 Å². The minimum atomic E-state index is -0.260. The van der Waals surface area contributed by atoms with Gasteiger partial charge in [-0.2, -0.15) is 0 Å². The summed E-state index contributed by atoms with van der Waals surface area (Å²) in [5, 5.41) is 0. The van der Waals surface area contributed by atoms with Gasteiger partial charge >= 0.3 is 0 Å². The molecule has 0 N–H and O–H groups in total. The number of benzene rings is 2. The van der Waals surface area contributed by atoms with E-state index in [1.807, 2.05) is 18.2 Å². The molecule has 2 aromatic carbocycles. The third-order valence-corrected chi connectivity index (χ3v) is 3.52. The molecule has 0 saturated carbocycles. The Balaban J connectivity index is 1.75. The van der Waals surface area contributed by atoms with Gasteiger partial charge in [0.15, 0.2) is 6.29 Å². The molecule has 0 bridgehead atoms. The quantitative estimate of drug-likeness (QED) is 0.851. The number of hydrogen-bond acceptors (Lipinski definition) is 3. The highest BCUT2D eigenvalue weighted by Crippen LogP contribution is 2.27. The van der Waals surface area contributed by atoms with Crippen molar-refractivity contribution in [1.82, 2.24) is 0 Å². The molecule has 3 nitrogen and oxygen atoms in total. The molecule has 1 fully saturated rings. The Bertz CT molecular complexity index is 595. The predicted octanol–water partition coefficient (Wildman–Crippen LogP) is 3.93. The minimum absolute atomic E-state index is 0.260. The van der Waals surface area contributed by atoms with Crippen LogP contribution >= 0.6 is 0 Å². The van der Waals surface area contributed by atoms with E-state index in [0.29, 0.717) is 19.8 Å². The van der Waals surface area contributed by atoms with E-state index in [0.717, 1.165) is 16.9 Å². The van der Waals surface area contributed by atoms with Crippen molar-refractivity contribution in [2.24, 2.45) is 0 Å². The van der Waals surface area contributed by atoms with E-state index in [2.05, 4.69) is 38.1 Å². The second-order valence-corrected chi connectivity index (χ2v) is 5.38. The molecule has 110 valence electrons. The Morgan fingerprint density at radius 3 is 2.38 bits per heavy atom. The normalized spacial score (nSPS) is 15.3. The zero-order valence-electron chi connectivity index (χ0n) is 12.5. The number of aryl methyl sites for hydroxylation is 2. The van der Waals surface area contributed by atoms with Crippen LogP contribution < -0.4 is 4.74 Å². The van der Waals surface area contributed by atoms with E-state index in [9.17, 15) is 0 Å². The Labute approximate surface area is 125 Å². The van der Waals surface area contributed by atoms with Crippen LogP contribution in [0.2, 0.25) is 0 Å². The molecule has 0 radical (unpaired) electrons. The summed E-state index contributed by atoms with van der Waals surface area (Å²) in [6, 6.07) is 14.4. The largest absolute Gasteiger partial charge is 0.489 e.